The van der Waals surface area contributed by atoms with Crippen LogP contribution in [0.1, 0.15) is 29.0 Å². The van der Waals surface area contributed by atoms with E-state index in [4.69, 9.17) is 4.99 Å². The standard InChI is InChI=1S/C45H33N5/c1-4-15-30(16-5-1)43-46-44(31-17-6-2-7-18-31)48-45(47-43)32-19-14-22-34(29-32)50-38-26-13-11-24-36(38)42-40(50)28-27-39-41(42)35-23-10-12-25-37(35)49(39)33-20-8-3-9-21-33/h1-29,43,45,47H,(H,46,48). The van der Waals surface area contributed by atoms with E-state index in [0.717, 1.165) is 33.9 Å². The van der Waals surface area contributed by atoms with Crippen molar-refractivity contribution >= 4 is 49.4 Å². The van der Waals surface area contributed by atoms with Crippen molar-refractivity contribution in [3.63, 3.8) is 0 Å². The summed E-state index contributed by atoms with van der Waals surface area (Å²) in [5.41, 5.74) is 10.4. The number of aromatic nitrogens is 2. The first-order chi connectivity index (χ1) is 24.8. The third-order valence-electron chi connectivity index (χ3n) is 9.97. The Bertz CT molecular complexity index is 2710. The second-order valence-corrected chi connectivity index (χ2v) is 12.9. The Morgan fingerprint density at radius 3 is 1.62 bits per heavy atom. The first-order valence-corrected chi connectivity index (χ1v) is 17.1. The summed E-state index contributed by atoms with van der Waals surface area (Å²) < 4.78 is 4.81. The van der Waals surface area contributed by atoms with E-state index in [1.165, 1.54) is 43.6 Å². The van der Waals surface area contributed by atoms with Crippen LogP contribution in [0.5, 0.6) is 0 Å². The third kappa shape index (κ3) is 4.55. The summed E-state index contributed by atoms with van der Waals surface area (Å²) in [7, 11) is 0. The van der Waals surface area contributed by atoms with Gasteiger partial charge in [-0.1, -0.05) is 127 Å². The molecule has 50 heavy (non-hydrogen) atoms. The van der Waals surface area contributed by atoms with Gasteiger partial charge in [0.25, 0.3) is 0 Å². The molecule has 238 valence electrons. The second-order valence-electron chi connectivity index (χ2n) is 12.9. The Morgan fingerprint density at radius 2 is 0.960 bits per heavy atom. The molecule has 0 bridgehead atoms. The van der Waals surface area contributed by atoms with Crippen molar-refractivity contribution in [1.29, 1.82) is 0 Å². The molecule has 2 aromatic heterocycles. The van der Waals surface area contributed by atoms with E-state index >= 15 is 0 Å². The molecule has 7 aromatic carbocycles. The molecule has 2 atom stereocenters. The van der Waals surface area contributed by atoms with Gasteiger partial charge in [-0.2, -0.15) is 0 Å². The lowest BCUT2D eigenvalue weighted by atomic mass is 10.1. The van der Waals surface area contributed by atoms with Gasteiger partial charge >= 0.3 is 0 Å². The lowest BCUT2D eigenvalue weighted by molar-refractivity contribution is 0.409. The maximum Gasteiger partial charge on any atom is 0.131 e. The van der Waals surface area contributed by atoms with E-state index in [2.05, 4.69) is 190 Å². The summed E-state index contributed by atoms with van der Waals surface area (Å²) in [5, 5.41) is 12.5. The van der Waals surface area contributed by atoms with Crippen LogP contribution in [0.15, 0.2) is 181 Å². The van der Waals surface area contributed by atoms with Crippen LogP contribution >= 0.6 is 0 Å². The molecule has 0 fully saturated rings. The summed E-state index contributed by atoms with van der Waals surface area (Å²) >= 11 is 0. The summed E-state index contributed by atoms with van der Waals surface area (Å²) in [4.78, 5) is 5.23. The van der Waals surface area contributed by atoms with Gasteiger partial charge in [-0.15, -0.1) is 0 Å². The molecule has 0 amide bonds. The summed E-state index contributed by atoms with van der Waals surface area (Å²) in [6.07, 6.45) is -0.346. The zero-order chi connectivity index (χ0) is 33.0. The van der Waals surface area contributed by atoms with Crippen LogP contribution in [0, 0.1) is 0 Å². The van der Waals surface area contributed by atoms with Crippen molar-refractivity contribution in [3.05, 3.63) is 193 Å². The van der Waals surface area contributed by atoms with Crippen molar-refractivity contribution in [3.8, 4) is 11.4 Å². The quantitative estimate of drug-likeness (QED) is 0.196. The van der Waals surface area contributed by atoms with Gasteiger partial charge in [-0.05, 0) is 59.7 Å². The van der Waals surface area contributed by atoms with E-state index in [-0.39, 0.29) is 12.3 Å². The number of hydrogen-bond donors (Lipinski definition) is 2. The maximum absolute atomic E-state index is 5.23. The zero-order valence-electron chi connectivity index (χ0n) is 27.2. The van der Waals surface area contributed by atoms with E-state index in [9.17, 15) is 0 Å². The SMILES string of the molecule is c1ccc(C2=NC(c3cccc(-n4c5ccccc5c5c6c7ccccc7n(-c7ccccc7)c6ccc54)c3)NC(c3ccccc3)N2)cc1. The van der Waals surface area contributed by atoms with Crippen LogP contribution in [-0.4, -0.2) is 15.0 Å². The predicted octanol–water partition coefficient (Wildman–Crippen LogP) is 10.2. The van der Waals surface area contributed by atoms with Crippen LogP contribution in [0.4, 0.5) is 0 Å². The van der Waals surface area contributed by atoms with Gasteiger partial charge in [0.05, 0.1) is 22.1 Å². The second kappa shape index (κ2) is 11.6. The highest BCUT2D eigenvalue weighted by Crippen LogP contribution is 2.42. The van der Waals surface area contributed by atoms with E-state index < -0.39 is 0 Å². The molecule has 0 radical (unpaired) electrons. The summed E-state index contributed by atoms with van der Waals surface area (Å²) in [6.45, 7) is 0. The molecule has 0 saturated carbocycles. The predicted molar refractivity (Wildman–Crippen MR) is 206 cm³/mol. The summed E-state index contributed by atoms with van der Waals surface area (Å²) in [6, 6.07) is 62.6. The molecule has 1 aliphatic heterocycles. The molecule has 0 spiro atoms. The average molecular weight is 644 g/mol. The normalized spacial score (nSPS) is 16.2. The van der Waals surface area contributed by atoms with E-state index in [1.54, 1.807) is 0 Å². The van der Waals surface area contributed by atoms with Crippen LogP contribution in [0.25, 0.3) is 55.0 Å². The average Bonchev–Trinajstić information content (AvgIpc) is 3.72. The largest absolute Gasteiger partial charge is 0.350 e. The molecular formula is C45H33N5. The van der Waals surface area contributed by atoms with Crippen molar-refractivity contribution < 1.29 is 0 Å². The highest BCUT2D eigenvalue weighted by atomic mass is 15.3. The Kier molecular flexibility index (Phi) is 6.64. The minimum atomic E-state index is -0.250. The first-order valence-electron chi connectivity index (χ1n) is 17.1. The number of aliphatic imine (C=N–C) groups is 1. The van der Waals surface area contributed by atoms with Gasteiger partial charge in [0.15, 0.2) is 0 Å². The molecular weight excluding hydrogens is 611 g/mol. The molecule has 0 saturated heterocycles. The molecule has 1 aliphatic rings. The van der Waals surface area contributed by atoms with Gasteiger partial charge in [0, 0.05) is 38.5 Å². The number of nitrogens with zero attached hydrogens (tertiary/aromatic N) is 3. The Morgan fingerprint density at radius 1 is 0.440 bits per heavy atom. The smallest absolute Gasteiger partial charge is 0.131 e. The van der Waals surface area contributed by atoms with Crippen LogP contribution in [-0.2, 0) is 0 Å². The lowest BCUT2D eigenvalue weighted by Gasteiger charge is -2.32. The zero-order valence-corrected chi connectivity index (χ0v) is 27.2. The molecule has 0 aliphatic carbocycles. The van der Waals surface area contributed by atoms with Gasteiger partial charge in [-0.25, -0.2) is 4.99 Å². The molecule has 10 rings (SSSR count). The number of para-hydroxylation sites is 3. The number of nitrogens with one attached hydrogen (secondary N) is 2. The fraction of sp³-hybridized carbons (Fsp3) is 0.0444. The van der Waals surface area contributed by atoms with Crippen molar-refractivity contribution in [2.75, 3.05) is 0 Å². The van der Waals surface area contributed by atoms with Crippen LogP contribution in [0.2, 0.25) is 0 Å². The summed E-state index contributed by atoms with van der Waals surface area (Å²) in [5.74, 6) is 0.877. The lowest BCUT2D eigenvalue weighted by Crippen LogP contribution is -2.44. The highest BCUT2D eigenvalue weighted by Gasteiger charge is 2.26. The minimum absolute atomic E-state index is 0.0963. The third-order valence-corrected chi connectivity index (χ3v) is 9.97. The number of benzene rings is 7. The van der Waals surface area contributed by atoms with Gasteiger partial charge in [0.2, 0.25) is 0 Å². The van der Waals surface area contributed by atoms with Gasteiger partial charge in [-0.3, -0.25) is 5.32 Å². The van der Waals surface area contributed by atoms with E-state index in [0.29, 0.717) is 0 Å². The molecule has 9 aromatic rings. The van der Waals surface area contributed by atoms with Crippen molar-refractivity contribution in [2.24, 2.45) is 4.99 Å². The molecule has 5 nitrogen and oxygen atoms in total. The Balaban J connectivity index is 1.17. The molecule has 2 N–H and O–H groups in total. The van der Waals surface area contributed by atoms with Gasteiger partial charge in [0.1, 0.15) is 18.2 Å². The van der Waals surface area contributed by atoms with Crippen molar-refractivity contribution in [2.45, 2.75) is 12.3 Å². The first kappa shape index (κ1) is 28.6. The Labute approximate surface area is 289 Å². The number of hydrogen-bond acceptors (Lipinski definition) is 3. The number of amidine groups is 1. The fourth-order valence-electron chi connectivity index (χ4n) is 7.78. The molecule has 2 unspecified atom stereocenters. The molecule has 5 heteroatoms. The minimum Gasteiger partial charge on any atom is -0.350 e. The number of fused-ring (bicyclic) bond motifs is 7. The number of rotatable bonds is 5. The van der Waals surface area contributed by atoms with Crippen LogP contribution in [0.3, 0.4) is 0 Å². The molecule has 3 heterocycles. The fourth-order valence-corrected chi connectivity index (χ4v) is 7.78. The van der Waals surface area contributed by atoms with Crippen LogP contribution < -0.4 is 10.6 Å². The van der Waals surface area contributed by atoms with Crippen molar-refractivity contribution in [1.82, 2.24) is 19.8 Å². The maximum atomic E-state index is 5.23. The topological polar surface area (TPSA) is 46.3 Å². The Hall–Kier alpha value is -6.43. The van der Waals surface area contributed by atoms with Gasteiger partial charge < -0.3 is 14.5 Å². The highest BCUT2D eigenvalue weighted by molar-refractivity contribution is 6.28. The van der Waals surface area contributed by atoms with E-state index in [1.807, 2.05) is 6.07 Å². The monoisotopic (exact) mass is 643 g/mol.